The van der Waals surface area contributed by atoms with Crippen LogP contribution in [0.5, 0.6) is 5.75 Å². The number of hydrogen-bond donors (Lipinski definition) is 0. The lowest BCUT2D eigenvalue weighted by Crippen LogP contribution is -1.91. The summed E-state index contributed by atoms with van der Waals surface area (Å²) in [5.74, 6) is 0.796. The fourth-order valence-electron chi connectivity index (χ4n) is 1.95. The maximum Gasteiger partial charge on any atom is 0.126 e. The van der Waals surface area contributed by atoms with E-state index in [9.17, 15) is 0 Å². The summed E-state index contributed by atoms with van der Waals surface area (Å²) in [5.41, 5.74) is 4.10. The normalized spacial score (nSPS) is 10.5. The van der Waals surface area contributed by atoms with Crippen LogP contribution in [0.15, 0.2) is 30.3 Å². The summed E-state index contributed by atoms with van der Waals surface area (Å²) in [6, 6.07) is 9.88. The molecule has 2 rings (SSSR count). The molecule has 0 unspecified atom stereocenters. The molecule has 0 N–H and O–H groups in total. The fourth-order valence-corrected chi connectivity index (χ4v) is 2.44. The minimum atomic E-state index is 0.561. The van der Waals surface area contributed by atoms with E-state index in [-0.39, 0.29) is 0 Å². The van der Waals surface area contributed by atoms with Gasteiger partial charge in [-0.05, 0) is 43.7 Å². The second-order valence-electron chi connectivity index (χ2n) is 4.31. The first-order chi connectivity index (χ1) is 8.52. The van der Waals surface area contributed by atoms with Gasteiger partial charge in [0.05, 0.1) is 17.2 Å². The van der Waals surface area contributed by atoms with Crippen molar-refractivity contribution in [2.24, 2.45) is 0 Å². The van der Waals surface area contributed by atoms with Crippen molar-refractivity contribution in [1.82, 2.24) is 0 Å². The fraction of sp³-hybridized carbons (Fsp3) is 0.200. The Morgan fingerprint density at radius 3 is 2.22 bits per heavy atom. The third kappa shape index (κ3) is 2.47. The Hall–Kier alpha value is -1.18. The lowest BCUT2D eigenvalue weighted by atomic mass is 10.0. The van der Waals surface area contributed by atoms with Crippen LogP contribution in [0, 0.1) is 13.8 Å². The Morgan fingerprint density at radius 2 is 1.56 bits per heavy atom. The van der Waals surface area contributed by atoms with Gasteiger partial charge in [0.25, 0.3) is 0 Å². The number of hydrogen-bond acceptors (Lipinski definition) is 1. The first-order valence-electron chi connectivity index (χ1n) is 5.63. The van der Waals surface area contributed by atoms with Crippen LogP contribution < -0.4 is 4.74 Å². The summed E-state index contributed by atoms with van der Waals surface area (Å²) in [7, 11) is 1.65. The molecule has 94 valence electrons. The minimum Gasteiger partial charge on any atom is -0.496 e. The number of ether oxygens (including phenoxy) is 1. The maximum absolute atomic E-state index is 6.29. The molecule has 18 heavy (non-hydrogen) atoms. The standard InChI is InChI=1S/C15H14Cl2O/c1-9-4-5-14(18-3)11(6-9)12-7-10(2)8-13(16)15(12)17/h4-8H,1-3H3. The highest BCUT2D eigenvalue weighted by molar-refractivity contribution is 6.43. The summed E-state index contributed by atoms with van der Waals surface area (Å²) >= 11 is 12.4. The Labute approximate surface area is 117 Å². The van der Waals surface area contributed by atoms with Crippen molar-refractivity contribution in [2.75, 3.05) is 7.11 Å². The van der Waals surface area contributed by atoms with E-state index in [4.69, 9.17) is 27.9 Å². The van der Waals surface area contributed by atoms with Gasteiger partial charge in [0.1, 0.15) is 5.75 Å². The molecule has 0 aliphatic carbocycles. The smallest absolute Gasteiger partial charge is 0.126 e. The number of methoxy groups -OCH3 is 1. The zero-order chi connectivity index (χ0) is 13.3. The molecule has 0 bridgehead atoms. The summed E-state index contributed by atoms with van der Waals surface area (Å²) in [6.07, 6.45) is 0. The van der Waals surface area contributed by atoms with Crippen molar-refractivity contribution >= 4 is 23.2 Å². The van der Waals surface area contributed by atoms with Crippen molar-refractivity contribution < 1.29 is 4.74 Å². The topological polar surface area (TPSA) is 9.23 Å². The van der Waals surface area contributed by atoms with Gasteiger partial charge in [-0.3, -0.25) is 0 Å². The summed E-state index contributed by atoms with van der Waals surface area (Å²) in [6.45, 7) is 4.03. The van der Waals surface area contributed by atoms with Crippen LogP contribution in [0.2, 0.25) is 10.0 Å². The average molecular weight is 281 g/mol. The van der Waals surface area contributed by atoms with Gasteiger partial charge in [-0.1, -0.05) is 34.8 Å². The van der Waals surface area contributed by atoms with E-state index in [0.717, 1.165) is 28.0 Å². The molecule has 0 spiro atoms. The number of halogens is 2. The van der Waals surface area contributed by atoms with Crippen LogP contribution in [-0.4, -0.2) is 7.11 Å². The molecule has 2 aromatic carbocycles. The first-order valence-corrected chi connectivity index (χ1v) is 6.39. The SMILES string of the molecule is COc1ccc(C)cc1-c1cc(C)cc(Cl)c1Cl. The molecular weight excluding hydrogens is 267 g/mol. The van der Waals surface area contributed by atoms with Gasteiger partial charge in [-0.25, -0.2) is 0 Å². The Kier molecular flexibility index (Phi) is 3.84. The maximum atomic E-state index is 6.29. The summed E-state index contributed by atoms with van der Waals surface area (Å²) < 4.78 is 5.39. The zero-order valence-corrected chi connectivity index (χ0v) is 12.1. The molecular formula is C15H14Cl2O. The molecule has 0 aromatic heterocycles. The van der Waals surface area contributed by atoms with Crippen molar-refractivity contribution in [3.63, 3.8) is 0 Å². The molecule has 0 amide bonds. The third-order valence-electron chi connectivity index (χ3n) is 2.82. The van der Waals surface area contributed by atoms with Gasteiger partial charge in [-0.15, -0.1) is 0 Å². The van der Waals surface area contributed by atoms with Crippen LogP contribution in [0.25, 0.3) is 11.1 Å². The molecule has 1 nitrogen and oxygen atoms in total. The predicted molar refractivity (Wildman–Crippen MR) is 77.9 cm³/mol. The van der Waals surface area contributed by atoms with Crippen LogP contribution in [0.4, 0.5) is 0 Å². The van der Waals surface area contributed by atoms with Gasteiger partial charge >= 0.3 is 0 Å². The van der Waals surface area contributed by atoms with E-state index in [0.29, 0.717) is 10.0 Å². The first kappa shape index (κ1) is 13.3. The number of benzene rings is 2. The Bertz CT molecular complexity index is 591. The Morgan fingerprint density at radius 1 is 0.889 bits per heavy atom. The highest BCUT2D eigenvalue weighted by Gasteiger charge is 2.12. The van der Waals surface area contributed by atoms with E-state index in [1.807, 2.05) is 38.1 Å². The average Bonchev–Trinajstić information content (AvgIpc) is 2.33. The van der Waals surface area contributed by atoms with Crippen LogP contribution in [0.1, 0.15) is 11.1 Å². The predicted octanol–water partition coefficient (Wildman–Crippen LogP) is 5.29. The van der Waals surface area contributed by atoms with Gasteiger partial charge in [0.15, 0.2) is 0 Å². The zero-order valence-electron chi connectivity index (χ0n) is 10.6. The monoisotopic (exact) mass is 280 g/mol. The van der Waals surface area contributed by atoms with E-state index in [1.54, 1.807) is 7.11 Å². The van der Waals surface area contributed by atoms with Gasteiger partial charge in [0, 0.05) is 11.1 Å². The van der Waals surface area contributed by atoms with Crippen LogP contribution in [-0.2, 0) is 0 Å². The van der Waals surface area contributed by atoms with E-state index in [2.05, 4.69) is 6.07 Å². The second kappa shape index (κ2) is 5.21. The van der Waals surface area contributed by atoms with Gasteiger partial charge in [0.2, 0.25) is 0 Å². The van der Waals surface area contributed by atoms with Gasteiger partial charge < -0.3 is 4.74 Å². The van der Waals surface area contributed by atoms with Gasteiger partial charge in [-0.2, -0.15) is 0 Å². The molecule has 0 fully saturated rings. The van der Waals surface area contributed by atoms with E-state index >= 15 is 0 Å². The molecule has 3 heteroatoms. The molecule has 0 saturated heterocycles. The summed E-state index contributed by atoms with van der Waals surface area (Å²) in [5, 5.41) is 1.13. The van der Waals surface area contributed by atoms with Crippen LogP contribution in [0.3, 0.4) is 0 Å². The van der Waals surface area contributed by atoms with Crippen molar-refractivity contribution in [1.29, 1.82) is 0 Å². The molecule has 0 saturated carbocycles. The lowest BCUT2D eigenvalue weighted by Gasteiger charge is -2.13. The quantitative estimate of drug-likeness (QED) is 0.727. The highest BCUT2D eigenvalue weighted by Crippen LogP contribution is 2.39. The largest absolute Gasteiger partial charge is 0.496 e. The Balaban J connectivity index is 2.72. The molecule has 0 aliphatic heterocycles. The molecule has 0 atom stereocenters. The molecule has 0 heterocycles. The lowest BCUT2D eigenvalue weighted by molar-refractivity contribution is 0.416. The van der Waals surface area contributed by atoms with Crippen molar-refractivity contribution in [3.05, 3.63) is 51.5 Å². The van der Waals surface area contributed by atoms with Crippen molar-refractivity contribution in [2.45, 2.75) is 13.8 Å². The van der Waals surface area contributed by atoms with Crippen molar-refractivity contribution in [3.8, 4) is 16.9 Å². The molecule has 0 radical (unpaired) electrons. The van der Waals surface area contributed by atoms with E-state index < -0.39 is 0 Å². The highest BCUT2D eigenvalue weighted by atomic mass is 35.5. The molecule has 2 aromatic rings. The number of aryl methyl sites for hydroxylation is 2. The van der Waals surface area contributed by atoms with E-state index in [1.165, 1.54) is 0 Å². The van der Waals surface area contributed by atoms with Crippen LogP contribution >= 0.6 is 23.2 Å². The molecule has 0 aliphatic rings. The summed E-state index contributed by atoms with van der Waals surface area (Å²) in [4.78, 5) is 0. The second-order valence-corrected chi connectivity index (χ2v) is 5.10. The minimum absolute atomic E-state index is 0.561. The number of rotatable bonds is 2. The third-order valence-corrected chi connectivity index (χ3v) is 3.62.